The van der Waals surface area contributed by atoms with E-state index in [0.29, 0.717) is 83.9 Å². The van der Waals surface area contributed by atoms with E-state index in [1.165, 1.54) is 0 Å². The van der Waals surface area contributed by atoms with Crippen LogP contribution in [0.25, 0.3) is 10.8 Å². The number of piperazine rings is 1. The lowest BCUT2D eigenvalue weighted by molar-refractivity contribution is 0.00206. The van der Waals surface area contributed by atoms with Crippen molar-refractivity contribution < 1.29 is 27.4 Å². The molecule has 0 radical (unpaired) electrons. The van der Waals surface area contributed by atoms with Crippen molar-refractivity contribution in [1.29, 1.82) is 0 Å². The number of anilines is 3. The molecule has 0 atom stereocenters. The summed E-state index contributed by atoms with van der Waals surface area (Å²) < 4.78 is 51.8. The SMILES string of the molecule is CN(C)c1cccc2c(S(=O)(=O)N3CCN(c4ccc(N5CCOCCOCCOCCOCC5)cc4)CC3)cccc12. The maximum atomic E-state index is 13.8. The van der Waals surface area contributed by atoms with Crippen LogP contribution in [0.2, 0.25) is 0 Å². The largest absolute Gasteiger partial charge is 0.377 e. The highest BCUT2D eigenvalue weighted by Gasteiger charge is 2.30. The smallest absolute Gasteiger partial charge is 0.243 e. The zero-order valence-electron chi connectivity index (χ0n) is 25.3. The van der Waals surface area contributed by atoms with Gasteiger partial charge in [0.25, 0.3) is 0 Å². The lowest BCUT2D eigenvalue weighted by Gasteiger charge is -2.36. The molecule has 0 saturated carbocycles. The number of rotatable bonds is 5. The lowest BCUT2D eigenvalue weighted by Crippen LogP contribution is -2.48. The van der Waals surface area contributed by atoms with Crippen LogP contribution < -0.4 is 14.7 Å². The van der Waals surface area contributed by atoms with Gasteiger partial charge in [-0.25, -0.2) is 8.42 Å². The number of fused-ring (bicyclic) bond motifs is 1. The van der Waals surface area contributed by atoms with Gasteiger partial charge >= 0.3 is 0 Å². The Morgan fingerprint density at radius 3 is 1.56 bits per heavy atom. The van der Waals surface area contributed by atoms with Crippen molar-refractivity contribution in [2.45, 2.75) is 4.90 Å². The van der Waals surface area contributed by atoms with E-state index in [4.69, 9.17) is 18.9 Å². The number of hydrogen-bond acceptors (Lipinski definition) is 9. The third-order valence-corrected chi connectivity index (χ3v) is 9.86. The average molecular weight is 613 g/mol. The van der Waals surface area contributed by atoms with Gasteiger partial charge in [-0.05, 0) is 36.4 Å². The van der Waals surface area contributed by atoms with E-state index in [9.17, 15) is 8.42 Å². The molecule has 0 spiro atoms. The van der Waals surface area contributed by atoms with Gasteiger partial charge in [0.05, 0.1) is 57.8 Å². The van der Waals surface area contributed by atoms with E-state index in [2.05, 4.69) is 34.1 Å². The molecule has 5 rings (SSSR count). The molecule has 11 heteroatoms. The minimum Gasteiger partial charge on any atom is -0.377 e. The molecule has 2 aliphatic rings. The van der Waals surface area contributed by atoms with Gasteiger partial charge in [-0.2, -0.15) is 4.31 Å². The predicted molar refractivity (Wildman–Crippen MR) is 171 cm³/mol. The highest BCUT2D eigenvalue weighted by molar-refractivity contribution is 7.89. The molecule has 0 N–H and O–H groups in total. The standard InChI is InChI=1S/C32H44N4O6S/c1-33(2)31-7-3-6-30-29(31)5-4-8-32(30)43(37,38)36-15-13-34(14-16-36)27-9-11-28(12-10-27)35-17-19-39-21-23-41-25-26-42-24-22-40-20-18-35/h3-12H,13-26H2,1-2H3. The van der Waals surface area contributed by atoms with E-state index in [1.54, 1.807) is 10.4 Å². The molecule has 10 nitrogen and oxygen atoms in total. The normalized spacial score (nSPS) is 19.1. The second-order valence-electron chi connectivity index (χ2n) is 10.9. The molecule has 2 fully saturated rings. The van der Waals surface area contributed by atoms with E-state index < -0.39 is 10.0 Å². The Labute approximate surface area is 255 Å². The molecular weight excluding hydrogens is 568 g/mol. The molecule has 234 valence electrons. The second-order valence-corrected chi connectivity index (χ2v) is 12.8. The summed E-state index contributed by atoms with van der Waals surface area (Å²) in [5.41, 5.74) is 3.19. The van der Waals surface area contributed by atoms with Crippen LogP contribution in [0.1, 0.15) is 0 Å². The van der Waals surface area contributed by atoms with Crippen molar-refractivity contribution in [2.75, 3.05) is 121 Å². The summed E-state index contributed by atoms with van der Waals surface area (Å²) in [6.45, 7) is 8.18. The van der Waals surface area contributed by atoms with Crippen molar-refractivity contribution in [3.63, 3.8) is 0 Å². The van der Waals surface area contributed by atoms with Gasteiger partial charge in [0.15, 0.2) is 0 Å². The summed E-state index contributed by atoms with van der Waals surface area (Å²) >= 11 is 0. The van der Waals surface area contributed by atoms with Gasteiger partial charge in [-0.1, -0.05) is 24.3 Å². The molecule has 2 aliphatic heterocycles. The van der Waals surface area contributed by atoms with Gasteiger partial charge < -0.3 is 33.6 Å². The Morgan fingerprint density at radius 2 is 1.02 bits per heavy atom. The zero-order chi connectivity index (χ0) is 30.1. The third-order valence-electron chi connectivity index (χ3n) is 7.90. The highest BCUT2D eigenvalue weighted by atomic mass is 32.2. The van der Waals surface area contributed by atoms with Crippen LogP contribution in [0, 0.1) is 0 Å². The summed E-state index contributed by atoms with van der Waals surface area (Å²) in [7, 11) is 0.303. The molecule has 2 heterocycles. The fourth-order valence-electron chi connectivity index (χ4n) is 5.56. The van der Waals surface area contributed by atoms with Crippen molar-refractivity contribution in [3.05, 3.63) is 60.7 Å². The first kappa shape index (κ1) is 31.5. The Balaban J connectivity index is 1.21. The number of hydrogen-bond donors (Lipinski definition) is 0. The minimum absolute atomic E-state index is 0.368. The van der Waals surface area contributed by atoms with Crippen LogP contribution in [0.4, 0.5) is 17.1 Å². The maximum absolute atomic E-state index is 13.8. The Morgan fingerprint density at radius 1 is 0.558 bits per heavy atom. The van der Waals surface area contributed by atoms with E-state index in [-0.39, 0.29) is 0 Å². The number of ether oxygens (including phenoxy) is 4. The third kappa shape index (κ3) is 7.97. The maximum Gasteiger partial charge on any atom is 0.243 e. The summed E-state index contributed by atoms with van der Waals surface area (Å²) in [5.74, 6) is 0. The van der Waals surface area contributed by atoms with Crippen LogP contribution in [0.3, 0.4) is 0 Å². The first-order valence-corrected chi connectivity index (χ1v) is 16.5. The summed E-state index contributed by atoms with van der Waals surface area (Å²) in [6, 6.07) is 19.9. The van der Waals surface area contributed by atoms with Crippen LogP contribution in [0.5, 0.6) is 0 Å². The predicted octanol–water partition coefficient (Wildman–Crippen LogP) is 3.30. The molecule has 0 unspecified atom stereocenters. The highest BCUT2D eigenvalue weighted by Crippen LogP contribution is 2.32. The molecule has 0 aromatic heterocycles. The molecule has 3 aromatic rings. The Kier molecular flexibility index (Phi) is 11.1. The van der Waals surface area contributed by atoms with Gasteiger partial charge in [-0.3, -0.25) is 0 Å². The van der Waals surface area contributed by atoms with Crippen LogP contribution in [-0.2, 0) is 29.0 Å². The quantitative estimate of drug-likeness (QED) is 0.431. The average Bonchev–Trinajstić information content (AvgIpc) is 3.04. The van der Waals surface area contributed by atoms with E-state index in [1.807, 2.05) is 49.3 Å². The molecule has 0 bridgehead atoms. The molecular formula is C32H44N4O6S. The Bertz CT molecular complexity index is 1400. The molecule has 0 amide bonds. The number of benzene rings is 3. The number of sulfonamides is 1. The topological polar surface area (TPSA) is 84.0 Å². The fraction of sp³-hybridized carbons (Fsp3) is 0.500. The zero-order valence-corrected chi connectivity index (χ0v) is 26.1. The van der Waals surface area contributed by atoms with E-state index in [0.717, 1.165) is 40.9 Å². The fourth-order valence-corrected chi connectivity index (χ4v) is 7.19. The van der Waals surface area contributed by atoms with Gasteiger partial charge in [-0.15, -0.1) is 0 Å². The monoisotopic (exact) mass is 612 g/mol. The van der Waals surface area contributed by atoms with Crippen molar-refractivity contribution >= 4 is 37.9 Å². The summed E-state index contributed by atoms with van der Waals surface area (Å²) in [4.78, 5) is 6.90. The molecule has 43 heavy (non-hydrogen) atoms. The van der Waals surface area contributed by atoms with Crippen molar-refractivity contribution in [1.82, 2.24) is 4.31 Å². The van der Waals surface area contributed by atoms with Gasteiger partial charge in [0, 0.05) is 81.2 Å². The Hall–Kier alpha value is -2.93. The van der Waals surface area contributed by atoms with Crippen LogP contribution in [0.15, 0.2) is 65.6 Å². The molecule has 2 saturated heterocycles. The lowest BCUT2D eigenvalue weighted by atomic mass is 10.1. The van der Waals surface area contributed by atoms with Crippen molar-refractivity contribution in [3.8, 4) is 0 Å². The van der Waals surface area contributed by atoms with Gasteiger partial charge in [0.1, 0.15) is 0 Å². The molecule has 3 aromatic carbocycles. The summed E-state index contributed by atoms with van der Waals surface area (Å²) in [6.07, 6.45) is 0. The van der Waals surface area contributed by atoms with Gasteiger partial charge in [0.2, 0.25) is 10.0 Å². The van der Waals surface area contributed by atoms with E-state index >= 15 is 0 Å². The first-order chi connectivity index (χ1) is 20.9. The number of nitrogens with zero attached hydrogens (tertiary/aromatic N) is 4. The summed E-state index contributed by atoms with van der Waals surface area (Å²) in [5, 5.41) is 1.69. The minimum atomic E-state index is -3.64. The van der Waals surface area contributed by atoms with Crippen molar-refractivity contribution in [2.24, 2.45) is 0 Å². The van der Waals surface area contributed by atoms with Crippen LogP contribution in [-0.4, -0.2) is 119 Å². The molecule has 0 aliphatic carbocycles. The van der Waals surface area contributed by atoms with Crippen LogP contribution >= 0.6 is 0 Å². The second kappa shape index (κ2) is 15.2. The first-order valence-electron chi connectivity index (χ1n) is 15.1.